The van der Waals surface area contributed by atoms with Gasteiger partial charge < -0.3 is 4.90 Å². The van der Waals surface area contributed by atoms with Gasteiger partial charge in [-0.1, -0.05) is 26.2 Å². The lowest BCUT2D eigenvalue weighted by Gasteiger charge is -2.22. The standard InChI is InChI=1S/C19H32N6O3/c1-4-5-6-9-16(12-25(28)13-26)18(27)22-23-19-20-15(3)14(2)17(21-19)24-10-7-8-11-24/h13,16,28H,4-12H2,1-3H3,(H,22,27)(H,20,21,23). The van der Waals surface area contributed by atoms with E-state index in [1.807, 2.05) is 13.8 Å². The molecule has 2 heterocycles. The van der Waals surface area contributed by atoms with E-state index >= 15 is 0 Å². The molecule has 1 aromatic heterocycles. The van der Waals surface area contributed by atoms with Gasteiger partial charge in [0.1, 0.15) is 5.82 Å². The quantitative estimate of drug-likeness (QED) is 0.229. The predicted molar refractivity (Wildman–Crippen MR) is 107 cm³/mol. The van der Waals surface area contributed by atoms with Crippen molar-refractivity contribution in [3.05, 3.63) is 11.3 Å². The minimum absolute atomic E-state index is 0.0481. The molecule has 1 saturated heterocycles. The molecule has 0 saturated carbocycles. The van der Waals surface area contributed by atoms with Crippen LogP contribution in [0, 0.1) is 19.8 Å². The first-order chi connectivity index (χ1) is 13.5. The van der Waals surface area contributed by atoms with E-state index in [0.29, 0.717) is 23.8 Å². The van der Waals surface area contributed by atoms with Crippen LogP contribution in [0.4, 0.5) is 11.8 Å². The van der Waals surface area contributed by atoms with Crippen LogP contribution in [0.2, 0.25) is 0 Å². The number of anilines is 2. The second-order valence-electron chi connectivity index (χ2n) is 7.31. The smallest absolute Gasteiger partial charge is 0.244 e. The largest absolute Gasteiger partial charge is 0.356 e. The highest BCUT2D eigenvalue weighted by atomic mass is 16.5. The second kappa shape index (κ2) is 10.8. The van der Waals surface area contributed by atoms with Crippen LogP contribution in [0.25, 0.3) is 0 Å². The minimum Gasteiger partial charge on any atom is -0.356 e. The molecule has 1 fully saturated rings. The molecular weight excluding hydrogens is 360 g/mol. The lowest BCUT2D eigenvalue weighted by Crippen LogP contribution is -2.40. The van der Waals surface area contributed by atoms with Crippen LogP contribution in [-0.4, -0.2) is 52.2 Å². The Balaban J connectivity index is 2.03. The van der Waals surface area contributed by atoms with Gasteiger partial charge in [-0.05, 0) is 33.1 Å². The number of hydroxylamine groups is 2. The maximum Gasteiger partial charge on any atom is 0.244 e. The summed E-state index contributed by atoms with van der Waals surface area (Å²) >= 11 is 0. The molecule has 1 aromatic rings. The number of carbonyl (C=O) groups is 2. The summed E-state index contributed by atoms with van der Waals surface area (Å²) in [6, 6.07) is 0. The van der Waals surface area contributed by atoms with Gasteiger partial charge in [0.2, 0.25) is 18.3 Å². The second-order valence-corrected chi connectivity index (χ2v) is 7.31. The first kappa shape index (κ1) is 21.9. The van der Waals surface area contributed by atoms with E-state index in [0.717, 1.165) is 62.3 Å². The number of hydrazine groups is 1. The molecular formula is C19H32N6O3. The highest BCUT2D eigenvalue weighted by molar-refractivity contribution is 5.80. The van der Waals surface area contributed by atoms with Gasteiger partial charge in [-0.25, -0.2) is 10.0 Å². The van der Waals surface area contributed by atoms with Crippen LogP contribution in [-0.2, 0) is 9.59 Å². The van der Waals surface area contributed by atoms with Gasteiger partial charge in [-0.3, -0.25) is 25.6 Å². The topological polar surface area (TPSA) is 111 Å². The molecule has 1 unspecified atom stereocenters. The summed E-state index contributed by atoms with van der Waals surface area (Å²) < 4.78 is 0. The Morgan fingerprint density at radius 1 is 1.29 bits per heavy atom. The van der Waals surface area contributed by atoms with Gasteiger partial charge in [-0.15, -0.1) is 0 Å². The maximum atomic E-state index is 12.6. The maximum absolute atomic E-state index is 12.6. The number of nitrogens with one attached hydrogen (secondary N) is 2. The number of amides is 2. The minimum atomic E-state index is -0.515. The van der Waals surface area contributed by atoms with Crippen molar-refractivity contribution in [2.45, 2.75) is 59.3 Å². The molecule has 2 rings (SSSR count). The molecule has 1 atom stereocenters. The van der Waals surface area contributed by atoms with Crippen molar-refractivity contribution in [3.8, 4) is 0 Å². The molecule has 0 aromatic carbocycles. The van der Waals surface area contributed by atoms with E-state index < -0.39 is 5.92 Å². The summed E-state index contributed by atoms with van der Waals surface area (Å²) in [7, 11) is 0. The normalized spacial score (nSPS) is 14.6. The van der Waals surface area contributed by atoms with Crippen LogP contribution in [0.3, 0.4) is 0 Å². The Hall–Kier alpha value is -2.42. The molecule has 156 valence electrons. The van der Waals surface area contributed by atoms with Crippen LogP contribution < -0.4 is 15.8 Å². The van der Waals surface area contributed by atoms with Crippen LogP contribution >= 0.6 is 0 Å². The fourth-order valence-electron chi connectivity index (χ4n) is 3.34. The highest BCUT2D eigenvalue weighted by Gasteiger charge is 2.22. The van der Waals surface area contributed by atoms with Gasteiger partial charge in [0, 0.05) is 24.3 Å². The van der Waals surface area contributed by atoms with Gasteiger partial charge in [0.05, 0.1) is 12.5 Å². The number of aromatic nitrogens is 2. The van der Waals surface area contributed by atoms with Crippen LogP contribution in [0.5, 0.6) is 0 Å². The molecule has 0 aliphatic carbocycles. The number of carbonyl (C=O) groups excluding carboxylic acids is 2. The van der Waals surface area contributed by atoms with E-state index in [1.54, 1.807) is 0 Å². The third kappa shape index (κ3) is 6.05. The summed E-state index contributed by atoms with van der Waals surface area (Å²) in [5, 5.41) is 9.99. The molecule has 28 heavy (non-hydrogen) atoms. The summed E-state index contributed by atoms with van der Waals surface area (Å²) in [6.07, 6.45) is 6.05. The van der Waals surface area contributed by atoms with Crippen molar-refractivity contribution in [1.29, 1.82) is 0 Å². The number of hydrogen-bond acceptors (Lipinski definition) is 7. The van der Waals surface area contributed by atoms with Crippen molar-refractivity contribution < 1.29 is 14.8 Å². The fourth-order valence-corrected chi connectivity index (χ4v) is 3.34. The Kier molecular flexibility index (Phi) is 8.43. The number of rotatable bonds is 11. The summed E-state index contributed by atoms with van der Waals surface area (Å²) in [4.78, 5) is 34.5. The van der Waals surface area contributed by atoms with Crippen LogP contribution in [0.1, 0.15) is 56.7 Å². The molecule has 9 heteroatoms. The summed E-state index contributed by atoms with van der Waals surface area (Å²) in [5.41, 5.74) is 7.33. The molecule has 9 nitrogen and oxygen atoms in total. The molecule has 2 amide bonds. The number of hydrogen-bond donors (Lipinski definition) is 3. The van der Waals surface area contributed by atoms with Crippen molar-refractivity contribution in [3.63, 3.8) is 0 Å². The van der Waals surface area contributed by atoms with Crippen molar-refractivity contribution in [2.24, 2.45) is 5.92 Å². The molecule has 3 N–H and O–H groups in total. The SMILES string of the molecule is CCCCCC(CN(O)C=O)C(=O)NNc1nc(C)c(C)c(N2CCCC2)n1. The number of nitrogens with zero attached hydrogens (tertiary/aromatic N) is 4. The van der Waals surface area contributed by atoms with E-state index in [-0.39, 0.29) is 12.5 Å². The van der Waals surface area contributed by atoms with Crippen molar-refractivity contribution >= 4 is 24.1 Å². The summed E-state index contributed by atoms with van der Waals surface area (Å²) in [6.45, 7) is 7.90. The first-order valence-electron chi connectivity index (χ1n) is 10.0. The Morgan fingerprint density at radius 2 is 2.00 bits per heavy atom. The molecule has 0 spiro atoms. The Bertz CT molecular complexity index is 663. The van der Waals surface area contributed by atoms with Gasteiger partial charge in [0.25, 0.3) is 0 Å². The Labute approximate surface area is 166 Å². The van der Waals surface area contributed by atoms with Crippen LogP contribution in [0.15, 0.2) is 0 Å². The molecule has 1 aliphatic heterocycles. The van der Waals surface area contributed by atoms with Crippen molar-refractivity contribution in [2.75, 3.05) is 30.0 Å². The number of unbranched alkanes of at least 4 members (excludes halogenated alkanes) is 2. The van der Waals surface area contributed by atoms with Crippen molar-refractivity contribution in [1.82, 2.24) is 20.5 Å². The third-order valence-electron chi connectivity index (χ3n) is 5.12. The zero-order valence-corrected chi connectivity index (χ0v) is 17.1. The third-order valence-corrected chi connectivity index (χ3v) is 5.12. The average Bonchev–Trinajstić information content (AvgIpc) is 3.22. The van der Waals surface area contributed by atoms with E-state index in [1.165, 1.54) is 0 Å². The lowest BCUT2D eigenvalue weighted by atomic mass is 10.0. The Morgan fingerprint density at radius 3 is 2.64 bits per heavy atom. The first-order valence-corrected chi connectivity index (χ1v) is 10.0. The molecule has 0 radical (unpaired) electrons. The van der Waals surface area contributed by atoms with E-state index in [9.17, 15) is 14.8 Å². The van der Waals surface area contributed by atoms with Gasteiger partial charge >= 0.3 is 0 Å². The zero-order valence-electron chi connectivity index (χ0n) is 17.1. The zero-order chi connectivity index (χ0) is 20.5. The highest BCUT2D eigenvalue weighted by Crippen LogP contribution is 2.24. The fraction of sp³-hybridized carbons (Fsp3) is 0.684. The van der Waals surface area contributed by atoms with Gasteiger partial charge in [-0.2, -0.15) is 4.98 Å². The lowest BCUT2D eigenvalue weighted by molar-refractivity contribution is -0.154. The molecule has 1 aliphatic rings. The average molecular weight is 393 g/mol. The van der Waals surface area contributed by atoms with E-state index in [2.05, 4.69) is 32.6 Å². The number of aryl methyl sites for hydroxylation is 1. The van der Waals surface area contributed by atoms with Gasteiger partial charge in [0.15, 0.2) is 0 Å². The van der Waals surface area contributed by atoms with E-state index in [4.69, 9.17) is 0 Å². The predicted octanol–water partition coefficient (Wildman–Crippen LogP) is 2.18. The summed E-state index contributed by atoms with van der Waals surface area (Å²) in [5.74, 6) is 0.408. The molecule has 0 bridgehead atoms. The monoisotopic (exact) mass is 392 g/mol.